The topological polar surface area (TPSA) is 12.0 Å². The first-order valence-corrected chi connectivity index (χ1v) is 8.80. The minimum Gasteiger partial charge on any atom is -0.314 e. The second-order valence-corrected chi connectivity index (χ2v) is 6.13. The Kier molecular flexibility index (Phi) is 8.50. The molecule has 2 rings (SSSR count). The highest BCUT2D eigenvalue weighted by atomic mass is 14.9. The van der Waals surface area contributed by atoms with Gasteiger partial charge in [0.05, 0.1) is 0 Å². The standard InChI is InChI=1S/C22H29N/c1-2-3-10-19-23-22(17-15-20-11-6-4-7-12-20)18-16-21-13-8-5-9-14-21/h2,4-9,11-14,22-23H,1,3,10,15-19H2. The molecule has 0 heterocycles. The number of rotatable bonds is 11. The molecule has 0 unspecified atom stereocenters. The van der Waals surface area contributed by atoms with Gasteiger partial charge in [0.2, 0.25) is 0 Å². The van der Waals surface area contributed by atoms with Crippen molar-refractivity contribution < 1.29 is 0 Å². The maximum Gasteiger partial charge on any atom is 0.00733 e. The minimum atomic E-state index is 0.584. The zero-order valence-corrected chi connectivity index (χ0v) is 14.1. The third-order valence-electron chi connectivity index (χ3n) is 4.27. The third-order valence-corrected chi connectivity index (χ3v) is 4.27. The van der Waals surface area contributed by atoms with Gasteiger partial charge in [-0.2, -0.15) is 0 Å². The summed E-state index contributed by atoms with van der Waals surface area (Å²) in [6, 6.07) is 22.2. The first-order chi connectivity index (χ1) is 11.4. The van der Waals surface area contributed by atoms with Crippen molar-refractivity contribution in [3.63, 3.8) is 0 Å². The monoisotopic (exact) mass is 307 g/mol. The van der Waals surface area contributed by atoms with Crippen molar-refractivity contribution in [3.8, 4) is 0 Å². The van der Waals surface area contributed by atoms with Crippen LogP contribution in [0.25, 0.3) is 0 Å². The molecule has 23 heavy (non-hydrogen) atoms. The second kappa shape index (κ2) is 11.0. The first kappa shape index (κ1) is 17.7. The molecule has 0 aliphatic carbocycles. The number of hydrogen-bond acceptors (Lipinski definition) is 1. The lowest BCUT2D eigenvalue weighted by atomic mass is 9.99. The van der Waals surface area contributed by atoms with E-state index in [4.69, 9.17) is 0 Å². The molecule has 0 saturated carbocycles. The highest BCUT2D eigenvalue weighted by Crippen LogP contribution is 2.11. The van der Waals surface area contributed by atoms with Crippen LogP contribution in [0.5, 0.6) is 0 Å². The van der Waals surface area contributed by atoms with Gasteiger partial charge in [0.1, 0.15) is 0 Å². The molecule has 1 N–H and O–H groups in total. The lowest BCUT2D eigenvalue weighted by Crippen LogP contribution is -2.31. The molecule has 2 aromatic rings. The summed E-state index contributed by atoms with van der Waals surface area (Å²) in [6.07, 6.45) is 8.97. The normalized spacial score (nSPS) is 11.0. The van der Waals surface area contributed by atoms with E-state index in [9.17, 15) is 0 Å². The van der Waals surface area contributed by atoms with Crippen molar-refractivity contribution >= 4 is 0 Å². The molecular formula is C22H29N. The predicted octanol–water partition coefficient (Wildman–Crippen LogP) is 5.03. The number of benzene rings is 2. The van der Waals surface area contributed by atoms with Gasteiger partial charge in [-0.3, -0.25) is 0 Å². The van der Waals surface area contributed by atoms with Crippen LogP contribution < -0.4 is 5.32 Å². The maximum atomic E-state index is 3.80. The molecule has 0 aliphatic rings. The molecule has 0 bridgehead atoms. The van der Waals surface area contributed by atoms with Crippen molar-refractivity contribution in [2.24, 2.45) is 0 Å². The summed E-state index contributed by atoms with van der Waals surface area (Å²) in [6.45, 7) is 4.89. The summed E-state index contributed by atoms with van der Waals surface area (Å²) < 4.78 is 0. The quantitative estimate of drug-likeness (QED) is 0.574. The van der Waals surface area contributed by atoms with E-state index in [0.29, 0.717) is 6.04 Å². The number of aryl methyl sites for hydroxylation is 2. The van der Waals surface area contributed by atoms with Crippen LogP contribution in [0.2, 0.25) is 0 Å². The van der Waals surface area contributed by atoms with Gasteiger partial charge in [-0.1, -0.05) is 60.7 Å². The van der Waals surface area contributed by atoms with Gasteiger partial charge in [0.15, 0.2) is 0 Å². The van der Waals surface area contributed by atoms with E-state index in [0.717, 1.165) is 25.8 Å². The Hall–Kier alpha value is -1.60. The Morgan fingerprint density at radius 1 is 0.826 bits per heavy atom. The molecular weight excluding hydrogens is 278 g/mol. The molecule has 0 saturated heterocycles. The molecule has 0 fully saturated rings. The fourth-order valence-electron chi connectivity index (χ4n) is 2.87. The third kappa shape index (κ3) is 7.47. The molecule has 0 aromatic heterocycles. The van der Waals surface area contributed by atoms with E-state index in [1.54, 1.807) is 0 Å². The summed E-state index contributed by atoms with van der Waals surface area (Å²) in [7, 11) is 0. The highest BCUT2D eigenvalue weighted by molar-refractivity contribution is 5.16. The van der Waals surface area contributed by atoms with Crippen molar-refractivity contribution in [3.05, 3.63) is 85.1 Å². The van der Waals surface area contributed by atoms with Crippen molar-refractivity contribution in [2.75, 3.05) is 6.54 Å². The van der Waals surface area contributed by atoms with Crippen LogP contribution in [0.15, 0.2) is 60.7 Å². The Morgan fingerprint density at radius 3 is 1.83 bits per heavy atom. The predicted molar refractivity (Wildman–Crippen MR) is 100 cm³/mol. The molecule has 0 spiro atoms. The Labute approximate surface area is 142 Å². The highest BCUT2D eigenvalue weighted by Gasteiger charge is 2.08. The van der Waals surface area contributed by atoms with E-state index in [-0.39, 0.29) is 0 Å². The Morgan fingerprint density at radius 2 is 1.35 bits per heavy atom. The summed E-state index contributed by atoms with van der Waals surface area (Å²) >= 11 is 0. The van der Waals surface area contributed by atoms with Crippen LogP contribution in [0.1, 0.15) is 36.8 Å². The second-order valence-electron chi connectivity index (χ2n) is 6.13. The molecule has 1 nitrogen and oxygen atoms in total. The summed E-state index contributed by atoms with van der Waals surface area (Å²) in [5, 5.41) is 3.75. The van der Waals surface area contributed by atoms with Gasteiger partial charge >= 0.3 is 0 Å². The largest absolute Gasteiger partial charge is 0.314 e. The molecule has 122 valence electrons. The zero-order valence-electron chi connectivity index (χ0n) is 14.1. The molecule has 0 amide bonds. The fraction of sp³-hybridized carbons (Fsp3) is 0.364. The molecule has 0 aliphatic heterocycles. The summed E-state index contributed by atoms with van der Waals surface area (Å²) in [4.78, 5) is 0. The Bertz CT molecular complexity index is 463. The van der Waals surface area contributed by atoms with E-state index in [1.807, 2.05) is 6.42 Å². The Balaban J connectivity index is 1.80. The smallest absolute Gasteiger partial charge is 0.00733 e. The maximum absolute atomic E-state index is 3.80. The van der Waals surface area contributed by atoms with Crippen LogP contribution in [-0.4, -0.2) is 12.6 Å². The van der Waals surface area contributed by atoms with Gasteiger partial charge in [-0.05, 0) is 69.5 Å². The lowest BCUT2D eigenvalue weighted by Gasteiger charge is -2.19. The van der Waals surface area contributed by atoms with E-state index in [1.165, 1.54) is 30.4 Å². The minimum absolute atomic E-state index is 0.584. The average molecular weight is 307 g/mol. The number of nitrogens with one attached hydrogen (secondary N) is 1. The first-order valence-electron chi connectivity index (χ1n) is 8.80. The lowest BCUT2D eigenvalue weighted by molar-refractivity contribution is 0.448. The van der Waals surface area contributed by atoms with Gasteiger partial charge in [-0.25, -0.2) is 0 Å². The van der Waals surface area contributed by atoms with Crippen LogP contribution in [0, 0.1) is 13.3 Å². The van der Waals surface area contributed by atoms with Gasteiger partial charge < -0.3 is 5.32 Å². The molecule has 2 aromatic carbocycles. The van der Waals surface area contributed by atoms with Gasteiger partial charge in [0, 0.05) is 6.04 Å². The fourth-order valence-corrected chi connectivity index (χ4v) is 2.87. The summed E-state index contributed by atoms with van der Waals surface area (Å²) in [5.74, 6) is 0. The van der Waals surface area contributed by atoms with E-state index in [2.05, 4.69) is 72.9 Å². The van der Waals surface area contributed by atoms with Gasteiger partial charge in [0.25, 0.3) is 0 Å². The van der Waals surface area contributed by atoms with Crippen molar-refractivity contribution in [2.45, 2.75) is 44.6 Å². The van der Waals surface area contributed by atoms with Crippen molar-refractivity contribution in [1.29, 1.82) is 0 Å². The van der Waals surface area contributed by atoms with E-state index >= 15 is 0 Å². The van der Waals surface area contributed by atoms with Crippen LogP contribution in [0.4, 0.5) is 0 Å². The van der Waals surface area contributed by atoms with Crippen LogP contribution in [0.3, 0.4) is 0 Å². The average Bonchev–Trinajstić information content (AvgIpc) is 2.62. The van der Waals surface area contributed by atoms with Crippen LogP contribution in [-0.2, 0) is 12.8 Å². The summed E-state index contributed by atoms with van der Waals surface area (Å²) in [5.41, 5.74) is 2.87. The van der Waals surface area contributed by atoms with Crippen LogP contribution >= 0.6 is 0 Å². The van der Waals surface area contributed by atoms with Gasteiger partial charge in [-0.15, -0.1) is 0 Å². The van der Waals surface area contributed by atoms with E-state index < -0.39 is 0 Å². The zero-order chi connectivity index (χ0) is 16.2. The number of hydrogen-bond donors (Lipinski definition) is 1. The van der Waals surface area contributed by atoms with Crippen molar-refractivity contribution in [1.82, 2.24) is 5.32 Å². The number of unbranched alkanes of at least 4 members (excludes halogenated alkanes) is 2. The molecule has 2 radical (unpaired) electrons. The SMILES string of the molecule is [CH2][CH]CCCNC(CCc1ccccc1)CCc1ccccc1. The molecule has 0 atom stereocenters. The molecule has 1 heteroatoms.